The summed E-state index contributed by atoms with van der Waals surface area (Å²) >= 11 is 0. The van der Waals surface area contributed by atoms with Crippen LogP contribution in [0, 0.1) is 0 Å². The predicted molar refractivity (Wildman–Crippen MR) is 270 cm³/mol. The van der Waals surface area contributed by atoms with Gasteiger partial charge in [0.25, 0.3) is 0 Å². The van der Waals surface area contributed by atoms with E-state index in [0.29, 0.717) is 19.3 Å². The van der Waals surface area contributed by atoms with E-state index in [-0.39, 0.29) is 31.1 Å². The zero-order chi connectivity index (χ0) is 45.8. The van der Waals surface area contributed by atoms with Crippen LogP contribution in [0.5, 0.6) is 0 Å². The summed E-state index contributed by atoms with van der Waals surface area (Å²) in [5.74, 6) is -0.863. The van der Waals surface area contributed by atoms with Crippen LogP contribution < -0.4 is 0 Å². The molecule has 0 N–H and O–H groups in total. The SMILES string of the molecule is CCC/C=C\CCCCCCCC(=O)OC(COC(=O)CCCCCCCCCCCC)COC(=O)CCCCCCCCCCCCCCCCCCCCCCCCCCC. The molecule has 372 valence electrons. The number of hydrogen-bond acceptors (Lipinski definition) is 6. The first-order valence-corrected chi connectivity index (χ1v) is 28.2. The van der Waals surface area contributed by atoms with Gasteiger partial charge >= 0.3 is 17.9 Å². The molecule has 0 aliphatic carbocycles. The first kappa shape index (κ1) is 61.1. The van der Waals surface area contributed by atoms with Crippen LogP contribution in [0.1, 0.15) is 316 Å². The first-order valence-electron chi connectivity index (χ1n) is 28.2. The summed E-state index contributed by atoms with van der Waals surface area (Å²) in [6.07, 6.45) is 59.4. The maximum absolute atomic E-state index is 12.7. The Morgan fingerprint density at radius 3 is 0.857 bits per heavy atom. The summed E-state index contributed by atoms with van der Waals surface area (Å²) in [6.45, 7) is 6.60. The fourth-order valence-electron chi connectivity index (χ4n) is 8.51. The molecule has 0 aromatic carbocycles. The smallest absolute Gasteiger partial charge is 0.306 e. The Morgan fingerprint density at radius 1 is 0.302 bits per heavy atom. The van der Waals surface area contributed by atoms with Crippen LogP contribution in [0.2, 0.25) is 0 Å². The van der Waals surface area contributed by atoms with E-state index in [0.717, 1.165) is 70.6 Å². The summed E-state index contributed by atoms with van der Waals surface area (Å²) in [4.78, 5) is 37.9. The van der Waals surface area contributed by atoms with Crippen molar-refractivity contribution in [3.8, 4) is 0 Å². The van der Waals surface area contributed by atoms with Crippen molar-refractivity contribution in [2.45, 2.75) is 322 Å². The molecule has 0 radical (unpaired) electrons. The van der Waals surface area contributed by atoms with Gasteiger partial charge < -0.3 is 14.2 Å². The third kappa shape index (κ3) is 51.0. The second kappa shape index (κ2) is 52.8. The lowest BCUT2D eigenvalue weighted by Gasteiger charge is -2.18. The average Bonchev–Trinajstić information content (AvgIpc) is 3.28. The van der Waals surface area contributed by atoms with E-state index in [2.05, 4.69) is 32.9 Å². The molecule has 0 amide bonds. The van der Waals surface area contributed by atoms with Crippen molar-refractivity contribution >= 4 is 17.9 Å². The van der Waals surface area contributed by atoms with Crippen molar-refractivity contribution in [2.24, 2.45) is 0 Å². The third-order valence-electron chi connectivity index (χ3n) is 12.8. The Kier molecular flexibility index (Phi) is 51.2. The molecule has 1 unspecified atom stereocenters. The maximum Gasteiger partial charge on any atom is 0.306 e. The minimum atomic E-state index is -0.767. The van der Waals surface area contributed by atoms with E-state index in [4.69, 9.17) is 14.2 Å². The van der Waals surface area contributed by atoms with Crippen LogP contribution in [0.25, 0.3) is 0 Å². The number of allylic oxidation sites excluding steroid dienone is 2. The molecule has 0 aliphatic heterocycles. The highest BCUT2D eigenvalue weighted by molar-refractivity contribution is 5.71. The van der Waals surface area contributed by atoms with Gasteiger partial charge in [0.1, 0.15) is 13.2 Å². The average molecular weight is 889 g/mol. The summed E-state index contributed by atoms with van der Waals surface area (Å²) in [6, 6.07) is 0. The van der Waals surface area contributed by atoms with Crippen LogP contribution in [-0.2, 0) is 28.6 Å². The lowest BCUT2D eigenvalue weighted by molar-refractivity contribution is -0.167. The number of unbranched alkanes of at least 4 members (excludes halogenated alkanes) is 39. The molecular formula is C57H108O6. The number of ether oxygens (including phenoxy) is 3. The molecular weight excluding hydrogens is 781 g/mol. The highest BCUT2D eigenvalue weighted by Crippen LogP contribution is 2.17. The topological polar surface area (TPSA) is 78.9 Å². The Labute approximate surface area is 392 Å². The van der Waals surface area contributed by atoms with E-state index >= 15 is 0 Å². The van der Waals surface area contributed by atoms with E-state index < -0.39 is 6.10 Å². The van der Waals surface area contributed by atoms with Gasteiger partial charge in [0.2, 0.25) is 0 Å². The molecule has 63 heavy (non-hydrogen) atoms. The van der Waals surface area contributed by atoms with Crippen molar-refractivity contribution in [2.75, 3.05) is 13.2 Å². The van der Waals surface area contributed by atoms with Crippen LogP contribution in [0.15, 0.2) is 12.2 Å². The van der Waals surface area contributed by atoms with Gasteiger partial charge in [-0.25, -0.2) is 0 Å². The van der Waals surface area contributed by atoms with Crippen molar-refractivity contribution in [1.29, 1.82) is 0 Å². The van der Waals surface area contributed by atoms with Gasteiger partial charge in [0.15, 0.2) is 6.10 Å². The molecule has 0 aromatic heterocycles. The quantitative estimate of drug-likeness (QED) is 0.0262. The minimum absolute atomic E-state index is 0.0684. The molecule has 0 fully saturated rings. The standard InChI is InChI=1S/C57H108O6/c1-4-7-10-13-16-19-22-23-24-25-26-27-28-29-30-31-32-33-34-35-36-39-41-44-47-50-56(59)62-53-54(63-57(60)51-48-45-42-38-21-18-15-12-9-6-3)52-61-55(58)49-46-43-40-37-20-17-14-11-8-5-2/h12,15,54H,4-11,13-14,16-53H2,1-3H3/b15-12-. The molecule has 0 rings (SSSR count). The number of esters is 3. The number of hydrogen-bond donors (Lipinski definition) is 0. The van der Waals surface area contributed by atoms with E-state index in [1.165, 1.54) is 205 Å². The fraction of sp³-hybridized carbons (Fsp3) is 0.912. The minimum Gasteiger partial charge on any atom is -0.462 e. The van der Waals surface area contributed by atoms with E-state index in [1.54, 1.807) is 0 Å². The van der Waals surface area contributed by atoms with Gasteiger partial charge in [0.05, 0.1) is 0 Å². The summed E-state index contributed by atoms with van der Waals surface area (Å²) in [5.41, 5.74) is 0. The molecule has 0 heterocycles. The Hall–Kier alpha value is -1.85. The van der Waals surface area contributed by atoms with Gasteiger partial charge in [-0.1, -0.05) is 270 Å². The lowest BCUT2D eigenvalue weighted by atomic mass is 10.0. The van der Waals surface area contributed by atoms with Crippen molar-refractivity contribution in [1.82, 2.24) is 0 Å². The van der Waals surface area contributed by atoms with Gasteiger partial charge in [-0.2, -0.15) is 0 Å². The van der Waals surface area contributed by atoms with E-state index in [9.17, 15) is 14.4 Å². The summed E-state index contributed by atoms with van der Waals surface area (Å²) in [7, 11) is 0. The molecule has 0 spiro atoms. The molecule has 0 aliphatic rings. The van der Waals surface area contributed by atoms with Crippen molar-refractivity contribution in [3.05, 3.63) is 12.2 Å². The van der Waals surface area contributed by atoms with Crippen LogP contribution >= 0.6 is 0 Å². The van der Waals surface area contributed by atoms with Crippen molar-refractivity contribution in [3.63, 3.8) is 0 Å². The Morgan fingerprint density at radius 2 is 0.556 bits per heavy atom. The monoisotopic (exact) mass is 889 g/mol. The predicted octanol–water partition coefficient (Wildman–Crippen LogP) is 18.5. The lowest BCUT2D eigenvalue weighted by Crippen LogP contribution is -2.30. The number of rotatable bonds is 52. The van der Waals surface area contributed by atoms with Crippen LogP contribution in [-0.4, -0.2) is 37.2 Å². The second-order valence-corrected chi connectivity index (χ2v) is 19.2. The molecule has 1 atom stereocenters. The normalized spacial score (nSPS) is 12.0. The molecule has 0 saturated carbocycles. The largest absolute Gasteiger partial charge is 0.462 e. The zero-order valence-electron chi connectivity index (χ0n) is 42.6. The Bertz CT molecular complexity index is 978. The van der Waals surface area contributed by atoms with Gasteiger partial charge in [0, 0.05) is 19.3 Å². The second-order valence-electron chi connectivity index (χ2n) is 19.2. The highest BCUT2D eigenvalue weighted by atomic mass is 16.6. The molecule has 0 saturated heterocycles. The van der Waals surface area contributed by atoms with E-state index in [1.807, 2.05) is 0 Å². The number of carbonyl (C=O) groups is 3. The number of carbonyl (C=O) groups excluding carboxylic acids is 3. The van der Waals surface area contributed by atoms with Crippen LogP contribution in [0.3, 0.4) is 0 Å². The van der Waals surface area contributed by atoms with Gasteiger partial charge in [-0.05, 0) is 38.5 Å². The van der Waals surface area contributed by atoms with Gasteiger partial charge in [-0.3, -0.25) is 14.4 Å². The molecule has 0 bridgehead atoms. The fourth-order valence-corrected chi connectivity index (χ4v) is 8.51. The molecule has 6 nitrogen and oxygen atoms in total. The molecule has 6 heteroatoms. The summed E-state index contributed by atoms with van der Waals surface area (Å²) in [5, 5.41) is 0. The third-order valence-corrected chi connectivity index (χ3v) is 12.8. The zero-order valence-corrected chi connectivity index (χ0v) is 42.6. The highest BCUT2D eigenvalue weighted by Gasteiger charge is 2.19. The first-order chi connectivity index (χ1) is 31.0. The Balaban J connectivity index is 4.07. The molecule has 0 aromatic rings. The van der Waals surface area contributed by atoms with Crippen molar-refractivity contribution < 1.29 is 28.6 Å². The maximum atomic E-state index is 12.7. The van der Waals surface area contributed by atoms with Crippen LogP contribution in [0.4, 0.5) is 0 Å². The van der Waals surface area contributed by atoms with Gasteiger partial charge in [-0.15, -0.1) is 0 Å². The summed E-state index contributed by atoms with van der Waals surface area (Å²) < 4.78 is 16.8.